The molecular formula is C23H16F4N2O3. The van der Waals surface area contributed by atoms with Crippen LogP contribution in [-0.2, 0) is 12.8 Å². The van der Waals surface area contributed by atoms with E-state index < -0.39 is 52.8 Å². The summed E-state index contributed by atoms with van der Waals surface area (Å²) in [6.45, 7) is -1.08. The number of benzene rings is 2. The molecule has 0 saturated carbocycles. The summed E-state index contributed by atoms with van der Waals surface area (Å²) in [5, 5.41) is 11.3. The standard InChI is InChI=1S/C23H16F4N2O3/c24-16-8-7-15-14(18(16)25)6-5-12-3-1-2-4-13(12)19(15)29-11-23(26,27)22(32)20-21(31)17(30)9-10-28(20)29/h1-4,7-10,19,31H,5-6,11H2. The second-order valence-corrected chi connectivity index (χ2v) is 7.88. The van der Waals surface area contributed by atoms with Crippen molar-refractivity contribution in [3.05, 3.63) is 98.5 Å². The molecule has 1 unspecified atom stereocenters. The number of carbonyl (C=O) groups is 1. The first kappa shape index (κ1) is 20.3. The molecule has 3 aromatic rings. The van der Waals surface area contributed by atoms with Gasteiger partial charge in [-0.05, 0) is 41.2 Å². The minimum atomic E-state index is -3.93. The molecule has 32 heavy (non-hydrogen) atoms. The van der Waals surface area contributed by atoms with Gasteiger partial charge in [-0.3, -0.25) is 19.3 Å². The van der Waals surface area contributed by atoms with Crippen molar-refractivity contribution in [1.82, 2.24) is 4.68 Å². The minimum absolute atomic E-state index is 0.0539. The van der Waals surface area contributed by atoms with Crippen molar-refractivity contribution in [1.29, 1.82) is 0 Å². The number of aryl methyl sites for hydroxylation is 1. The molecule has 1 aliphatic heterocycles. The molecule has 9 heteroatoms. The van der Waals surface area contributed by atoms with E-state index in [1.165, 1.54) is 6.07 Å². The Kier molecular flexibility index (Phi) is 4.40. The molecular weight excluding hydrogens is 428 g/mol. The number of nitrogens with zero attached hydrogens (tertiary/aromatic N) is 2. The van der Waals surface area contributed by atoms with E-state index in [0.29, 0.717) is 12.0 Å². The first-order valence-corrected chi connectivity index (χ1v) is 9.89. The molecule has 5 nitrogen and oxygen atoms in total. The quantitative estimate of drug-likeness (QED) is 0.584. The first-order chi connectivity index (χ1) is 15.2. The zero-order valence-corrected chi connectivity index (χ0v) is 16.5. The number of Topliss-reactive ketones (excluding diaryl/α,β-unsaturated/α-hetero) is 1. The summed E-state index contributed by atoms with van der Waals surface area (Å²) in [6.07, 6.45) is 1.63. The van der Waals surface area contributed by atoms with Crippen molar-refractivity contribution in [2.24, 2.45) is 0 Å². The molecule has 2 aliphatic rings. The average molecular weight is 444 g/mol. The van der Waals surface area contributed by atoms with Gasteiger partial charge in [-0.15, -0.1) is 0 Å². The Morgan fingerprint density at radius 3 is 2.50 bits per heavy atom. The molecule has 0 saturated heterocycles. The number of alkyl halides is 2. The summed E-state index contributed by atoms with van der Waals surface area (Å²) in [5.74, 6) is -8.80. The summed E-state index contributed by atoms with van der Waals surface area (Å²) in [4.78, 5) is 24.3. The summed E-state index contributed by atoms with van der Waals surface area (Å²) in [6, 6.07) is 9.15. The van der Waals surface area contributed by atoms with Crippen LogP contribution in [0.5, 0.6) is 5.75 Å². The highest BCUT2D eigenvalue weighted by atomic mass is 19.3. The van der Waals surface area contributed by atoms with Crippen LogP contribution in [0.3, 0.4) is 0 Å². The van der Waals surface area contributed by atoms with Gasteiger partial charge in [0.25, 0.3) is 5.78 Å². The fourth-order valence-electron chi connectivity index (χ4n) is 4.58. The monoisotopic (exact) mass is 444 g/mol. The van der Waals surface area contributed by atoms with Gasteiger partial charge in [0.2, 0.25) is 5.43 Å². The van der Waals surface area contributed by atoms with E-state index in [1.54, 1.807) is 24.3 Å². The molecule has 2 aromatic carbocycles. The lowest BCUT2D eigenvalue weighted by molar-refractivity contribution is 0.00348. The van der Waals surface area contributed by atoms with Gasteiger partial charge in [0.15, 0.2) is 23.1 Å². The van der Waals surface area contributed by atoms with E-state index in [2.05, 4.69) is 0 Å². The van der Waals surface area contributed by atoms with E-state index in [0.717, 1.165) is 33.6 Å². The summed E-state index contributed by atoms with van der Waals surface area (Å²) < 4.78 is 59.5. The van der Waals surface area contributed by atoms with E-state index in [4.69, 9.17) is 0 Å². The molecule has 1 aliphatic carbocycles. The third-order valence-electron chi connectivity index (χ3n) is 6.06. The van der Waals surface area contributed by atoms with Gasteiger partial charge >= 0.3 is 5.92 Å². The maximum Gasteiger partial charge on any atom is 0.330 e. The number of rotatable bonds is 1. The number of hydrogen-bond acceptors (Lipinski definition) is 4. The van der Waals surface area contributed by atoms with Gasteiger partial charge in [-0.1, -0.05) is 30.3 Å². The van der Waals surface area contributed by atoms with Gasteiger partial charge in [0, 0.05) is 12.3 Å². The highest BCUT2D eigenvalue weighted by Crippen LogP contribution is 2.41. The van der Waals surface area contributed by atoms with Crippen LogP contribution in [-0.4, -0.2) is 28.0 Å². The Morgan fingerprint density at radius 1 is 0.969 bits per heavy atom. The normalized spacial score (nSPS) is 19.1. The number of hydrogen-bond donors (Lipinski definition) is 1. The van der Waals surface area contributed by atoms with E-state index in [1.807, 2.05) is 0 Å². The molecule has 0 bridgehead atoms. The lowest BCUT2D eigenvalue weighted by Gasteiger charge is -2.42. The topological polar surface area (TPSA) is 62.5 Å². The molecule has 1 atom stereocenters. The van der Waals surface area contributed by atoms with Crippen LogP contribution in [0.15, 0.2) is 53.5 Å². The number of ketones is 1. The molecule has 1 N–H and O–H groups in total. The number of aromatic nitrogens is 1. The average Bonchev–Trinajstić information content (AvgIpc) is 2.93. The van der Waals surface area contributed by atoms with Crippen LogP contribution in [0.4, 0.5) is 17.6 Å². The maximum atomic E-state index is 14.8. The number of pyridine rings is 1. The van der Waals surface area contributed by atoms with Gasteiger partial charge in [0.05, 0.1) is 6.04 Å². The Bertz CT molecular complexity index is 1340. The predicted octanol–water partition coefficient (Wildman–Crippen LogP) is 3.49. The predicted molar refractivity (Wildman–Crippen MR) is 107 cm³/mol. The van der Waals surface area contributed by atoms with Crippen molar-refractivity contribution in [3.63, 3.8) is 0 Å². The van der Waals surface area contributed by atoms with Crippen molar-refractivity contribution in [3.8, 4) is 5.75 Å². The number of fused-ring (bicyclic) bond motifs is 3. The Balaban J connectivity index is 1.83. The summed E-state index contributed by atoms with van der Waals surface area (Å²) in [7, 11) is 0. The lowest BCUT2D eigenvalue weighted by Crippen LogP contribution is -2.56. The lowest BCUT2D eigenvalue weighted by atomic mass is 9.92. The smallest absolute Gasteiger partial charge is 0.330 e. The van der Waals surface area contributed by atoms with Gasteiger partial charge in [-0.2, -0.15) is 8.78 Å². The van der Waals surface area contributed by atoms with Crippen molar-refractivity contribution < 1.29 is 27.5 Å². The molecule has 5 rings (SSSR count). The Hall–Kier alpha value is -3.62. The molecule has 2 heterocycles. The third-order valence-corrected chi connectivity index (χ3v) is 6.06. The second-order valence-electron chi connectivity index (χ2n) is 7.88. The van der Waals surface area contributed by atoms with Crippen molar-refractivity contribution in [2.75, 3.05) is 11.6 Å². The van der Waals surface area contributed by atoms with Crippen LogP contribution < -0.4 is 10.4 Å². The van der Waals surface area contributed by atoms with Crippen LogP contribution in [0, 0.1) is 11.6 Å². The number of halogens is 4. The molecule has 0 radical (unpaired) electrons. The largest absolute Gasteiger partial charge is 0.503 e. The van der Waals surface area contributed by atoms with Crippen LogP contribution >= 0.6 is 0 Å². The third kappa shape index (κ3) is 2.84. The van der Waals surface area contributed by atoms with E-state index in [9.17, 15) is 32.3 Å². The molecule has 0 amide bonds. The van der Waals surface area contributed by atoms with Crippen molar-refractivity contribution >= 4 is 5.78 Å². The minimum Gasteiger partial charge on any atom is -0.503 e. The Morgan fingerprint density at radius 2 is 1.72 bits per heavy atom. The summed E-state index contributed by atoms with van der Waals surface area (Å²) in [5.41, 5.74) is -0.176. The van der Waals surface area contributed by atoms with Gasteiger partial charge in [-0.25, -0.2) is 8.78 Å². The molecule has 1 aromatic heterocycles. The van der Waals surface area contributed by atoms with Crippen LogP contribution in [0.1, 0.15) is 38.8 Å². The Labute approximate surface area is 179 Å². The highest BCUT2D eigenvalue weighted by Gasteiger charge is 2.51. The van der Waals surface area contributed by atoms with Gasteiger partial charge < -0.3 is 5.11 Å². The second kappa shape index (κ2) is 6.94. The molecule has 0 fully saturated rings. The summed E-state index contributed by atoms with van der Waals surface area (Å²) >= 11 is 0. The maximum absolute atomic E-state index is 14.8. The van der Waals surface area contributed by atoms with Crippen LogP contribution in [0.2, 0.25) is 0 Å². The SMILES string of the molecule is O=C1c2c(O)c(=O)ccn2N(C2c3ccccc3CCc3c2ccc(F)c3F)CC1(F)F. The zero-order valence-electron chi connectivity index (χ0n) is 16.5. The van der Waals surface area contributed by atoms with Crippen molar-refractivity contribution in [2.45, 2.75) is 24.8 Å². The van der Waals surface area contributed by atoms with Gasteiger partial charge in [0.1, 0.15) is 6.54 Å². The van der Waals surface area contributed by atoms with E-state index >= 15 is 0 Å². The molecule has 164 valence electrons. The first-order valence-electron chi connectivity index (χ1n) is 9.89. The zero-order chi connectivity index (χ0) is 22.8. The molecule has 0 spiro atoms. The fraction of sp³-hybridized carbons (Fsp3) is 0.217. The fourth-order valence-corrected chi connectivity index (χ4v) is 4.58. The number of carbonyl (C=O) groups excluding carboxylic acids is 1. The van der Waals surface area contributed by atoms with Crippen LogP contribution in [0.25, 0.3) is 0 Å². The number of aromatic hydroxyl groups is 1. The van der Waals surface area contributed by atoms with E-state index in [-0.39, 0.29) is 17.5 Å². The highest BCUT2D eigenvalue weighted by molar-refractivity contribution is 6.03.